The van der Waals surface area contributed by atoms with E-state index < -0.39 is 0 Å². The molecule has 0 bridgehead atoms. The maximum Gasteiger partial charge on any atom is 0.314 e. The summed E-state index contributed by atoms with van der Waals surface area (Å²) in [7, 11) is 0. The van der Waals surface area contributed by atoms with Gasteiger partial charge in [-0.1, -0.05) is 6.07 Å². The molecule has 2 rings (SSSR count). The molecule has 98 valence electrons. The summed E-state index contributed by atoms with van der Waals surface area (Å²) in [5, 5.41) is 3.58. The van der Waals surface area contributed by atoms with E-state index in [1.807, 2.05) is 12.3 Å². The van der Waals surface area contributed by atoms with Gasteiger partial charge in [-0.3, -0.25) is 4.98 Å². The number of aromatic nitrogens is 1. The van der Waals surface area contributed by atoms with Gasteiger partial charge < -0.3 is 16.0 Å². The van der Waals surface area contributed by atoms with Crippen LogP contribution in [0.3, 0.4) is 0 Å². The first-order valence-electron chi connectivity index (χ1n) is 6.37. The predicted molar refractivity (Wildman–Crippen MR) is 70.0 cm³/mol. The number of urea groups is 1. The molecule has 18 heavy (non-hydrogen) atoms. The van der Waals surface area contributed by atoms with Gasteiger partial charge in [0.2, 0.25) is 0 Å². The topological polar surface area (TPSA) is 71.2 Å². The summed E-state index contributed by atoms with van der Waals surface area (Å²) in [5.74, 6) is 0. The lowest BCUT2D eigenvalue weighted by Gasteiger charge is -2.33. The zero-order chi connectivity index (χ0) is 13.0. The molecule has 1 saturated heterocycles. The van der Waals surface area contributed by atoms with Gasteiger partial charge in [-0.25, -0.2) is 4.79 Å². The van der Waals surface area contributed by atoms with E-state index in [1.54, 1.807) is 11.1 Å². The Labute approximate surface area is 107 Å². The van der Waals surface area contributed by atoms with E-state index in [1.165, 1.54) is 5.56 Å². The van der Waals surface area contributed by atoms with Crippen LogP contribution in [0.25, 0.3) is 0 Å². The van der Waals surface area contributed by atoms with Crippen LogP contribution < -0.4 is 11.1 Å². The van der Waals surface area contributed by atoms with Crippen LogP contribution in [0, 0.1) is 0 Å². The monoisotopic (exact) mass is 248 g/mol. The molecule has 1 aromatic rings. The standard InChI is InChI=1S/C13H20N4O/c1-10(11-3-2-6-15-9-11)16-12-4-7-17(8-5-12)13(14)18/h2-3,6,9-10,12,16H,4-5,7-8H2,1H3,(H2,14,18). The van der Waals surface area contributed by atoms with Crippen molar-refractivity contribution in [1.82, 2.24) is 15.2 Å². The number of hydrogen-bond acceptors (Lipinski definition) is 3. The Kier molecular flexibility index (Phi) is 4.15. The van der Waals surface area contributed by atoms with Crippen LogP contribution in [0.4, 0.5) is 4.79 Å². The molecule has 0 aliphatic carbocycles. The summed E-state index contributed by atoms with van der Waals surface area (Å²) >= 11 is 0. The van der Waals surface area contributed by atoms with Gasteiger partial charge in [-0.2, -0.15) is 0 Å². The first-order valence-corrected chi connectivity index (χ1v) is 6.37. The summed E-state index contributed by atoms with van der Waals surface area (Å²) in [6.07, 6.45) is 5.57. The van der Waals surface area contributed by atoms with Crippen LogP contribution in [0.2, 0.25) is 0 Å². The highest BCUT2D eigenvalue weighted by Crippen LogP contribution is 2.16. The highest BCUT2D eigenvalue weighted by atomic mass is 16.2. The van der Waals surface area contributed by atoms with Crippen molar-refractivity contribution in [1.29, 1.82) is 0 Å². The molecule has 0 spiro atoms. The molecule has 1 unspecified atom stereocenters. The number of primary amides is 1. The van der Waals surface area contributed by atoms with Crippen LogP contribution in [0.15, 0.2) is 24.5 Å². The van der Waals surface area contributed by atoms with Crippen molar-refractivity contribution in [3.63, 3.8) is 0 Å². The number of nitrogens with zero attached hydrogens (tertiary/aromatic N) is 2. The Morgan fingerprint density at radius 2 is 2.28 bits per heavy atom. The highest BCUT2D eigenvalue weighted by molar-refractivity contribution is 5.72. The van der Waals surface area contributed by atoms with Gasteiger partial charge in [0, 0.05) is 37.6 Å². The first kappa shape index (κ1) is 12.8. The molecule has 1 atom stereocenters. The fourth-order valence-electron chi connectivity index (χ4n) is 2.35. The molecule has 0 saturated carbocycles. The number of amides is 2. The number of piperidine rings is 1. The maximum atomic E-state index is 11.0. The van der Waals surface area contributed by atoms with Gasteiger partial charge in [0.1, 0.15) is 0 Å². The number of likely N-dealkylation sites (tertiary alicyclic amines) is 1. The van der Waals surface area contributed by atoms with Gasteiger partial charge in [-0.15, -0.1) is 0 Å². The Bertz CT molecular complexity index is 387. The van der Waals surface area contributed by atoms with Gasteiger partial charge in [0.15, 0.2) is 0 Å². The van der Waals surface area contributed by atoms with Gasteiger partial charge >= 0.3 is 6.03 Å². The molecule has 5 heteroatoms. The fraction of sp³-hybridized carbons (Fsp3) is 0.538. The number of carbonyl (C=O) groups excluding carboxylic acids is 1. The number of nitrogens with two attached hydrogens (primary N) is 1. The minimum Gasteiger partial charge on any atom is -0.351 e. The molecule has 3 N–H and O–H groups in total. The quantitative estimate of drug-likeness (QED) is 0.846. The first-order chi connectivity index (χ1) is 8.66. The lowest BCUT2D eigenvalue weighted by Crippen LogP contribution is -2.47. The summed E-state index contributed by atoms with van der Waals surface area (Å²) < 4.78 is 0. The van der Waals surface area contributed by atoms with Crippen molar-refractivity contribution in [2.24, 2.45) is 5.73 Å². The zero-order valence-electron chi connectivity index (χ0n) is 10.7. The molecular weight excluding hydrogens is 228 g/mol. The molecule has 2 heterocycles. The average Bonchev–Trinajstić information content (AvgIpc) is 2.40. The third-order valence-corrected chi connectivity index (χ3v) is 3.48. The van der Waals surface area contributed by atoms with E-state index in [0.29, 0.717) is 6.04 Å². The molecule has 1 aliphatic rings. The lowest BCUT2D eigenvalue weighted by molar-refractivity contribution is 0.183. The second kappa shape index (κ2) is 5.82. The van der Waals surface area contributed by atoms with E-state index in [9.17, 15) is 4.79 Å². The molecule has 5 nitrogen and oxygen atoms in total. The van der Waals surface area contributed by atoms with Crippen LogP contribution in [0.5, 0.6) is 0 Å². The van der Waals surface area contributed by atoms with Gasteiger partial charge in [0.25, 0.3) is 0 Å². The van der Waals surface area contributed by atoms with Crippen LogP contribution >= 0.6 is 0 Å². The third kappa shape index (κ3) is 3.20. The second-order valence-corrected chi connectivity index (χ2v) is 4.77. The molecule has 1 aromatic heterocycles. The number of rotatable bonds is 3. The van der Waals surface area contributed by atoms with E-state index in [4.69, 9.17) is 5.73 Å². The Balaban J connectivity index is 1.83. The number of nitrogens with one attached hydrogen (secondary N) is 1. The SMILES string of the molecule is CC(NC1CCN(C(N)=O)CC1)c1cccnc1. The predicted octanol–water partition coefficient (Wildman–Crippen LogP) is 1.28. The Morgan fingerprint density at radius 3 is 2.83 bits per heavy atom. The van der Waals surface area contributed by atoms with E-state index in [2.05, 4.69) is 23.3 Å². The number of pyridine rings is 1. The molecule has 1 fully saturated rings. The summed E-state index contributed by atoms with van der Waals surface area (Å²) in [6.45, 7) is 3.62. The van der Waals surface area contributed by atoms with Gasteiger partial charge in [-0.05, 0) is 31.4 Å². The van der Waals surface area contributed by atoms with Gasteiger partial charge in [0.05, 0.1) is 0 Å². The Morgan fingerprint density at radius 1 is 1.56 bits per heavy atom. The average molecular weight is 248 g/mol. The van der Waals surface area contributed by atoms with Crippen LogP contribution in [0.1, 0.15) is 31.4 Å². The van der Waals surface area contributed by atoms with Crippen LogP contribution in [-0.4, -0.2) is 35.0 Å². The van der Waals surface area contributed by atoms with Crippen molar-refractivity contribution < 1.29 is 4.79 Å². The normalized spacial score (nSPS) is 18.6. The number of carbonyl (C=O) groups is 1. The largest absolute Gasteiger partial charge is 0.351 e. The van der Waals surface area contributed by atoms with Crippen LogP contribution in [-0.2, 0) is 0 Å². The Hall–Kier alpha value is -1.62. The smallest absolute Gasteiger partial charge is 0.314 e. The fourth-order valence-corrected chi connectivity index (χ4v) is 2.35. The zero-order valence-corrected chi connectivity index (χ0v) is 10.7. The molecular formula is C13H20N4O. The lowest BCUT2D eigenvalue weighted by atomic mass is 10.0. The van der Waals surface area contributed by atoms with E-state index >= 15 is 0 Å². The highest BCUT2D eigenvalue weighted by Gasteiger charge is 2.22. The third-order valence-electron chi connectivity index (χ3n) is 3.48. The van der Waals surface area contributed by atoms with Crippen molar-refractivity contribution in [2.45, 2.75) is 31.8 Å². The molecule has 0 radical (unpaired) electrons. The van der Waals surface area contributed by atoms with Crippen molar-refractivity contribution in [3.8, 4) is 0 Å². The van der Waals surface area contributed by atoms with Crippen molar-refractivity contribution in [2.75, 3.05) is 13.1 Å². The maximum absolute atomic E-state index is 11.0. The number of hydrogen-bond donors (Lipinski definition) is 2. The minimum atomic E-state index is -0.311. The second-order valence-electron chi connectivity index (χ2n) is 4.77. The molecule has 0 aromatic carbocycles. The summed E-state index contributed by atoms with van der Waals surface area (Å²) in [4.78, 5) is 16.9. The molecule has 2 amide bonds. The minimum absolute atomic E-state index is 0.281. The molecule has 1 aliphatic heterocycles. The summed E-state index contributed by atoms with van der Waals surface area (Å²) in [5.41, 5.74) is 6.45. The van der Waals surface area contributed by atoms with E-state index in [-0.39, 0.29) is 12.1 Å². The van der Waals surface area contributed by atoms with E-state index in [0.717, 1.165) is 25.9 Å². The van der Waals surface area contributed by atoms with Crippen molar-refractivity contribution >= 4 is 6.03 Å². The summed E-state index contributed by atoms with van der Waals surface area (Å²) in [6, 6.07) is 4.43. The van der Waals surface area contributed by atoms with Crippen molar-refractivity contribution in [3.05, 3.63) is 30.1 Å².